The molecular weight excluding hydrogens is 342 g/mol. The van der Waals surface area contributed by atoms with Crippen molar-refractivity contribution in [3.05, 3.63) is 30.6 Å². The smallest absolute Gasteiger partial charge is 0.288 e. The summed E-state index contributed by atoms with van der Waals surface area (Å²) >= 11 is 1.81. The van der Waals surface area contributed by atoms with E-state index in [0.717, 1.165) is 18.0 Å². The fraction of sp³-hybridized carbons (Fsp3) is 0.357. The molecule has 1 aromatic carbocycles. The van der Waals surface area contributed by atoms with Crippen LogP contribution in [0, 0.1) is 0 Å². The van der Waals surface area contributed by atoms with Crippen LogP contribution in [0.15, 0.2) is 40.6 Å². The molecule has 0 spiro atoms. The minimum Gasteiger partial charge on any atom is -0.325 e. The van der Waals surface area contributed by atoms with Gasteiger partial charge in [0.05, 0.1) is 5.75 Å². The van der Waals surface area contributed by atoms with Gasteiger partial charge in [-0.05, 0) is 37.1 Å². The van der Waals surface area contributed by atoms with E-state index in [4.69, 9.17) is 0 Å². The minimum atomic E-state index is -2.45. The van der Waals surface area contributed by atoms with E-state index in [0.29, 0.717) is 28.4 Å². The summed E-state index contributed by atoms with van der Waals surface area (Å²) in [5.41, 5.74) is 0.581. The molecule has 23 heavy (non-hydrogen) atoms. The van der Waals surface area contributed by atoms with Crippen molar-refractivity contribution in [2.45, 2.75) is 34.7 Å². The van der Waals surface area contributed by atoms with E-state index in [1.165, 1.54) is 11.8 Å². The molecule has 3 rings (SSSR count). The number of benzene rings is 1. The van der Waals surface area contributed by atoms with Crippen LogP contribution in [-0.2, 0) is 4.79 Å². The van der Waals surface area contributed by atoms with Gasteiger partial charge >= 0.3 is 0 Å². The van der Waals surface area contributed by atoms with Crippen molar-refractivity contribution < 1.29 is 13.6 Å². The molecule has 1 heterocycles. The molecule has 0 saturated heterocycles. The number of nitrogens with zero attached hydrogens (tertiary/aromatic N) is 3. The van der Waals surface area contributed by atoms with Gasteiger partial charge < -0.3 is 9.88 Å². The molecule has 2 aromatic rings. The van der Waals surface area contributed by atoms with Gasteiger partial charge in [0.15, 0.2) is 5.16 Å². The maximum atomic E-state index is 12.2. The van der Waals surface area contributed by atoms with Gasteiger partial charge in [0.2, 0.25) is 5.91 Å². The lowest BCUT2D eigenvalue weighted by atomic mass is 10.3. The minimum absolute atomic E-state index is 0.172. The second kappa shape index (κ2) is 7.31. The topological polar surface area (TPSA) is 59.8 Å². The van der Waals surface area contributed by atoms with Gasteiger partial charge in [0, 0.05) is 16.6 Å². The molecule has 9 heteroatoms. The molecule has 1 N–H and O–H groups in total. The van der Waals surface area contributed by atoms with Crippen molar-refractivity contribution in [2.24, 2.45) is 0 Å². The number of aromatic nitrogens is 3. The summed E-state index contributed by atoms with van der Waals surface area (Å²) in [4.78, 5) is 12.4. The zero-order valence-electron chi connectivity index (χ0n) is 12.0. The molecule has 0 bridgehead atoms. The Hall–Kier alpha value is -1.61. The van der Waals surface area contributed by atoms with Gasteiger partial charge in [0.1, 0.15) is 6.33 Å². The first-order chi connectivity index (χ1) is 11.1. The van der Waals surface area contributed by atoms with Gasteiger partial charge in [-0.2, -0.15) is 8.78 Å². The third kappa shape index (κ3) is 4.68. The van der Waals surface area contributed by atoms with Gasteiger partial charge in [0.25, 0.3) is 5.76 Å². The van der Waals surface area contributed by atoms with E-state index >= 15 is 0 Å². The van der Waals surface area contributed by atoms with Crippen molar-refractivity contribution in [2.75, 3.05) is 11.1 Å². The highest BCUT2D eigenvalue weighted by molar-refractivity contribution is 8.00. The predicted octanol–water partition coefficient (Wildman–Crippen LogP) is 3.66. The van der Waals surface area contributed by atoms with Crippen LogP contribution in [0.3, 0.4) is 0 Å². The molecule has 1 amide bonds. The summed E-state index contributed by atoms with van der Waals surface area (Å²) in [6, 6.07) is 6.81. The summed E-state index contributed by atoms with van der Waals surface area (Å²) in [6.07, 6.45) is 3.94. The average Bonchev–Trinajstić information content (AvgIpc) is 3.25. The third-order valence-corrected chi connectivity index (χ3v) is 4.86. The number of amides is 1. The van der Waals surface area contributed by atoms with Crippen LogP contribution < -0.4 is 5.32 Å². The van der Waals surface area contributed by atoms with Gasteiger partial charge in [-0.3, -0.25) is 4.79 Å². The molecule has 0 aliphatic heterocycles. The van der Waals surface area contributed by atoms with Crippen LogP contribution in [0.25, 0.3) is 0 Å². The monoisotopic (exact) mass is 356 g/mol. The van der Waals surface area contributed by atoms with E-state index in [1.807, 2.05) is 4.57 Å². The van der Waals surface area contributed by atoms with E-state index in [-0.39, 0.29) is 11.7 Å². The fourth-order valence-corrected chi connectivity index (χ4v) is 3.27. The quantitative estimate of drug-likeness (QED) is 0.767. The first-order valence-electron chi connectivity index (χ1n) is 6.99. The molecule has 1 fully saturated rings. The second-order valence-electron chi connectivity index (χ2n) is 4.99. The van der Waals surface area contributed by atoms with Crippen LogP contribution >= 0.6 is 23.5 Å². The van der Waals surface area contributed by atoms with Crippen molar-refractivity contribution in [3.8, 4) is 0 Å². The Morgan fingerprint density at radius 2 is 2.09 bits per heavy atom. The molecule has 1 aliphatic rings. The molecule has 122 valence electrons. The molecule has 1 aliphatic carbocycles. The molecular formula is C14H14F2N4OS2. The van der Waals surface area contributed by atoms with Crippen LogP contribution in [-0.4, -0.2) is 32.2 Å². The van der Waals surface area contributed by atoms with E-state index < -0.39 is 5.76 Å². The number of hydrogen-bond donors (Lipinski definition) is 1. The Labute approximate surface area is 140 Å². The molecule has 1 aromatic heterocycles. The molecule has 0 radical (unpaired) electrons. The Morgan fingerprint density at radius 3 is 2.74 bits per heavy atom. The normalized spacial score (nSPS) is 14.2. The summed E-state index contributed by atoms with van der Waals surface area (Å²) in [6.45, 7) is 0. The summed E-state index contributed by atoms with van der Waals surface area (Å²) < 4.78 is 26.5. The fourth-order valence-electron chi connectivity index (χ4n) is 1.99. The number of thioether (sulfide) groups is 2. The maximum Gasteiger partial charge on any atom is 0.288 e. The first kappa shape index (κ1) is 16.3. The highest BCUT2D eigenvalue weighted by Crippen LogP contribution is 2.37. The zero-order valence-corrected chi connectivity index (χ0v) is 13.6. The number of carbonyl (C=O) groups excluding carboxylic acids is 1. The van der Waals surface area contributed by atoms with Crippen molar-refractivity contribution in [1.29, 1.82) is 0 Å². The number of anilines is 1. The predicted molar refractivity (Wildman–Crippen MR) is 85.9 cm³/mol. The number of hydrogen-bond acceptors (Lipinski definition) is 5. The van der Waals surface area contributed by atoms with Gasteiger partial charge in [-0.15, -0.1) is 10.2 Å². The van der Waals surface area contributed by atoms with Crippen LogP contribution in [0.2, 0.25) is 0 Å². The highest BCUT2D eigenvalue weighted by Gasteiger charge is 2.26. The van der Waals surface area contributed by atoms with Crippen LogP contribution in [0.4, 0.5) is 14.5 Å². The standard InChI is InChI=1S/C14H14F2N4OS2/c15-13(16)23-11-5-1-9(2-6-11)18-12(21)7-22-14-19-17-8-20(14)10-3-4-10/h1-2,5-6,8,10,13H,3-4,7H2,(H,18,21). The highest BCUT2D eigenvalue weighted by atomic mass is 32.2. The summed E-state index contributed by atoms with van der Waals surface area (Å²) in [5.74, 6) is -2.40. The number of carbonyl (C=O) groups is 1. The average molecular weight is 356 g/mol. The lowest BCUT2D eigenvalue weighted by Crippen LogP contribution is -2.14. The maximum absolute atomic E-state index is 12.2. The van der Waals surface area contributed by atoms with Gasteiger partial charge in [-0.1, -0.05) is 23.5 Å². The Kier molecular flexibility index (Phi) is 5.16. The van der Waals surface area contributed by atoms with Crippen LogP contribution in [0.5, 0.6) is 0 Å². The van der Waals surface area contributed by atoms with E-state index in [9.17, 15) is 13.6 Å². The van der Waals surface area contributed by atoms with Crippen molar-refractivity contribution in [1.82, 2.24) is 14.8 Å². The molecule has 0 unspecified atom stereocenters. The number of halogens is 2. The Bertz CT molecular complexity index is 674. The van der Waals surface area contributed by atoms with E-state index in [2.05, 4.69) is 15.5 Å². The molecule has 5 nitrogen and oxygen atoms in total. The summed E-state index contributed by atoms with van der Waals surface area (Å²) in [5, 5.41) is 11.4. The largest absolute Gasteiger partial charge is 0.325 e. The van der Waals surface area contributed by atoms with Crippen LogP contribution in [0.1, 0.15) is 18.9 Å². The van der Waals surface area contributed by atoms with Gasteiger partial charge in [-0.25, -0.2) is 0 Å². The number of alkyl halides is 2. The Morgan fingerprint density at radius 1 is 1.35 bits per heavy atom. The Balaban J connectivity index is 1.50. The number of rotatable bonds is 7. The second-order valence-corrected chi connectivity index (χ2v) is 7.00. The first-order valence-corrected chi connectivity index (χ1v) is 8.85. The number of nitrogens with one attached hydrogen (secondary N) is 1. The SMILES string of the molecule is O=C(CSc1nncn1C1CC1)Nc1ccc(SC(F)F)cc1. The lowest BCUT2D eigenvalue weighted by molar-refractivity contribution is -0.113. The zero-order chi connectivity index (χ0) is 16.2. The van der Waals surface area contributed by atoms with Crippen molar-refractivity contribution in [3.63, 3.8) is 0 Å². The summed E-state index contributed by atoms with van der Waals surface area (Å²) in [7, 11) is 0. The lowest BCUT2D eigenvalue weighted by Gasteiger charge is -2.07. The molecule has 1 saturated carbocycles. The van der Waals surface area contributed by atoms with E-state index in [1.54, 1.807) is 30.6 Å². The van der Waals surface area contributed by atoms with Crippen molar-refractivity contribution >= 4 is 35.1 Å². The molecule has 0 atom stereocenters. The third-order valence-electron chi connectivity index (χ3n) is 3.18.